The van der Waals surface area contributed by atoms with Crippen molar-refractivity contribution >= 4 is 23.4 Å². The molecule has 0 bridgehead atoms. The third-order valence-corrected chi connectivity index (χ3v) is 4.15. The first-order chi connectivity index (χ1) is 13.0. The number of carbonyl (C=O) groups excluding carboxylic acids is 1. The van der Waals surface area contributed by atoms with Crippen LogP contribution in [0.25, 0.3) is 0 Å². The third kappa shape index (κ3) is 5.25. The molecule has 2 aromatic rings. The quantitative estimate of drug-likeness (QED) is 0.676. The van der Waals surface area contributed by atoms with E-state index in [0.29, 0.717) is 30.8 Å². The summed E-state index contributed by atoms with van der Waals surface area (Å²) in [6.07, 6.45) is 2.33. The van der Waals surface area contributed by atoms with E-state index in [-0.39, 0.29) is 5.69 Å². The molecule has 0 atom stereocenters. The Labute approximate surface area is 156 Å². The highest BCUT2D eigenvalue weighted by Gasteiger charge is 2.15. The Bertz CT molecular complexity index is 810. The molecule has 2 heterocycles. The van der Waals surface area contributed by atoms with E-state index in [0.717, 1.165) is 25.0 Å². The molecule has 0 unspecified atom stereocenters. The number of nitrogens with zero attached hydrogens (tertiary/aromatic N) is 3. The molecular weight excluding hydrogens is 354 g/mol. The first-order valence-corrected chi connectivity index (χ1v) is 8.86. The highest BCUT2D eigenvalue weighted by Crippen LogP contribution is 2.20. The van der Waals surface area contributed by atoms with Crippen LogP contribution in [0.2, 0.25) is 0 Å². The van der Waals surface area contributed by atoms with E-state index < -0.39 is 17.7 Å². The summed E-state index contributed by atoms with van der Waals surface area (Å²) >= 11 is 0. The molecule has 3 rings (SSSR count). The zero-order valence-electron chi connectivity index (χ0n) is 15.1. The van der Waals surface area contributed by atoms with Gasteiger partial charge in [-0.25, -0.2) is 23.5 Å². The number of nitrogens with one attached hydrogen (secondary N) is 3. The fraction of sp³-hybridized carbons (Fsp3) is 0.389. The summed E-state index contributed by atoms with van der Waals surface area (Å²) < 4.78 is 26.4. The van der Waals surface area contributed by atoms with Crippen LogP contribution in [0.4, 0.5) is 30.9 Å². The van der Waals surface area contributed by atoms with Crippen LogP contribution >= 0.6 is 0 Å². The van der Waals surface area contributed by atoms with Crippen LogP contribution in [-0.2, 0) is 0 Å². The number of urea groups is 1. The Hall–Kier alpha value is -2.97. The molecule has 0 spiro atoms. The van der Waals surface area contributed by atoms with E-state index in [1.807, 2.05) is 13.0 Å². The Morgan fingerprint density at radius 1 is 1.15 bits per heavy atom. The minimum atomic E-state index is -0.825. The molecule has 1 saturated heterocycles. The van der Waals surface area contributed by atoms with Gasteiger partial charge in [0.2, 0.25) is 0 Å². The second-order valence-electron chi connectivity index (χ2n) is 6.28. The second-order valence-corrected chi connectivity index (χ2v) is 6.28. The molecule has 1 aromatic carbocycles. The fourth-order valence-electron chi connectivity index (χ4n) is 2.87. The number of hydrogen-bond donors (Lipinski definition) is 3. The first-order valence-electron chi connectivity index (χ1n) is 8.86. The molecule has 1 fully saturated rings. The lowest BCUT2D eigenvalue weighted by Crippen LogP contribution is -2.33. The zero-order chi connectivity index (χ0) is 19.2. The maximum atomic E-state index is 13.5. The smallest absolute Gasteiger partial charge is 0.319 e. The first kappa shape index (κ1) is 18.8. The number of aromatic nitrogens is 2. The molecular formula is C18H22F2N6O. The van der Waals surface area contributed by atoms with Crippen LogP contribution in [0.1, 0.15) is 18.7 Å². The summed E-state index contributed by atoms with van der Waals surface area (Å²) in [5.74, 6) is 0.751. The van der Waals surface area contributed by atoms with Gasteiger partial charge in [-0.05, 0) is 31.9 Å². The Kier molecular flexibility index (Phi) is 6.00. The van der Waals surface area contributed by atoms with Gasteiger partial charge < -0.3 is 20.9 Å². The monoisotopic (exact) mass is 376 g/mol. The number of carbonyl (C=O) groups is 1. The molecule has 9 heteroatoms. The van der Waals surface area contributed by atoms with Gasteiger partial charge in [0, 0.05) is 38.3 Å². The SMILES string of the molecule is Cc1nc(NCCNC(=O)Nc2ccc(F)cc2F)cc(N2CCCC2)n1. The highest BCUT2D eigenvalue weighted by atomic mass is 19.1. The van der Waals surface area contributed by atoms with Gasteiger partial charge in [0.1, 0.15) is 29.1 Å². The fourth-order valence-corrected chi connectivity index (χ4v) is 2.87. The molecule has 1 aliphatic heterocycles. The molecule has 1 aliphatic rings. The summed E-state index contributed by atoms with van der Waals surface area (Å²) in [6, 6.07) is 4.29. The van der Waals surface area contributed by atoms with E-state index >= 15 is 0 Å². The summed E-state index contributed by atoms with van der Waals surface area (Å²) in [5, 5.41) is 8.08. The van der Waals surface area contributed by atoms with Gasteiger partial charge in [0.05, 0.1) is 5.69 Å². The normalized spacial score (nSPS) is 13.5. The topological polar surface area (TPSA) is 82.2 Å². The van der Waals surface area contributed by atoms with Gasteiger partial charge in [0.25, 0.3) is 0 Å². The maximum Gasteiger partial charge on any atom is 0.319 e. The largest absolute Gasteiger partial charge is 0.368 e. The van der Waals surface area contributed by atoms with Crippen molar-refractivity contribution in [1.29, 1.82) is 0 Å². The van der Waals surface area contributed by atoms with E-state index in [4.69, 9.17) is 0 Å². The summed E-state index contributed by atoms with van der Waals surface area (Å²) in [5.41, 5.74) is -0.0801. The average Bonchev–Trinajstić information content (AvgIpc) is 3.15. The molecule has 3 N–H and O–H groups in total. The van der Waals surface area contributed by atoms with Crippen molar-refractivity contribution in [2.24, 2.45) is 0 Å². The van der Waals surface area contributed by atoms with Crippen LogP contribution in [-0.4, -0.2) is 42.2 Å². The van der Waals surface area contributed by atoms with Gasteiger partial charge in [0.15, 0.2) is 0 Å². The lowest BCUT2D eigenvalue weighted by Gasteiger charge is -2.18. The third-order valence-electron chi connectivity index (χ3n) is 4.15. The molecule has 0 saturated carbocycles. The molecule has 7 nitrogen and oxygen atoms in total. The van der Waals surface area contributed by atoms with Crippen LogP contribution in [0.5, 0.6) is 0 Å². The van der Waals surface area contributed by atoms with Gasteiger partial charge in [-0.1, -0.05) is 0 Å². The van der Waals surface area contributed by atoms with Gasteiger partial charge in [-0.3, -0.25) is 0 Å². The standard InChI is InChI=1S/C18H22F2N6O/c1-12-23-16(11-17(24-12)26-8-2-3-9-26)21-6-7-22-18(27)25-15-5-4-13(19)10-14(15)20/h4-5,10-11H,2-3,6-9H2,1H3,(H,21,23,24)(H2,22,25,27). The molecule has 27 heavy (non-hydrogen) atoms. The predicted octanol–water partition coefficient (Wildman–Crippen LogP) is 2.90. The summed E-state index contributed by atoms with van der Waals surface area (Å²) in [6.45, 7) is 4.58. The second kappa shape index (κ2) is 8.61. The number of anilines is 3. The van der Waals surface area contributed by atoms with Crippen LogP contribution < -0.4 is 20.9 Å². The number of benzene rings is 1. The van der Waals surface area contributed by atoms with E-state index in [1.165, 1.54) is 18.9 Å². The molecule has 0 radical (unpaired) electrons. The number of amides is 2. The molecule has 1 aromatic heterocycles. The number of aryl methyl sites for hydroxylation is 1. The molecule has 0 aliphatic carbocycles. The Morgan fingerprint density at radius 3 is 2.67 bits per heavy atom. The average molecular weight is 376 g/mol. The predicted molar refractivity (Wildman–Crippen MR) is 100 cm³/mol. The maximum absolute atomic E-state index is 13.5. The van der Waals surface area contributed by atoms with E-state index in [1.54, 1.807) is 0 Å². The highest BCUT2D eigenvalue weighted by molar-refractivity contribution is 5.89. The zero-order valence-corrected chi connectivity index (χ0v) is 15.1. The van der Waals surface area contributed by atoms with Gasteiger partial charge in [-0.2, -0.15) is 0 Å². The molecule has 144 valence electrons. The Morgan fingerprint density at radius 2 is 1.93 bits per heavy atom. The van der Waals surface area contributed by atoms with E-state index in [2.05, 4.69) is 30.8 Å². The van der Waals surface area contributed by atoms with Crippen LogP contribution in [0.3, 0.4) is 0 Å². The minimum absolute atomic E-state index is 0.0801. The number of rotatable bonds is 6. The van der Waals surface area contributed by atoms with Crippen molar-refractivity contribution in [2.45, 2.75) is 19.8 Å². The van der Waals surface area contributed by atoms with Crippen LogP contribution in [0, 0.1) is 18.6 Å². The van der Waals surface area contributed by atoms with Crippen molar-refractivity contribution in [1.82, 2.24) is 15.3 Å². The summed E-state index contributed by atoms with van der Waals surface area (Å²) in [7, 11) is 0. The van der Waals surface area contributed by atoms with Crippen LogP contribution in [0.15, 0.2) is 24.3 Å². The van der Waals surface area contributed by atoms with Gasteiger partial charge >= 0.3 is 6.03 Å². The van der Waals surface area contributed by atoms with Crippen molar-refractivity contribution in [3.8, 4) is 0 Å². The van der Waals surface area contributed by atoms with Crippen molar-refractivity contribution in [3.05, 3.63) is 41.7 Å². The lowest BCUT2D eigenvalue weighted by molar-refractivity contribution is 0.252. The summed E-state index contributed by atoms with van der Waals surface area (Å²) in [4.78, 5) is 22.8. The van der Waals surface area contributed by atoms with Gasteiger partial charge in [-0.15, -0.1) is 0 Å². The lowest BCUT2D eigenvalue weighted by atomic mass is 10.3. The minimum Gasteiger partial charge on any atom is -0.368 e. The van der Waals surface area contributed by atoms with E-state index in [9.17, 15) is 13.6 Å². The van der Waals surface area contributed by atoms with Crippen molar-refractivity contribution in [3.63, 3.8) is 0 Å². The Balaban J connectivity index is 1.46. The van der Waals surface area contributed by atoms with Crippen molar-refractivity contribution in [2.75, 3.05) is 41.7 Å². The molecule has 2 amide bonds. The number of halogens is 2. The number of hydrogen-bond acceptors (Lipinski definition) is 5. The van der Waals surface area contributed by atoms with Crippen molar-refractivity contribution < 1.29 is 13.6 Å².